The average molecular weight is 427 g/mol. The molecule has 162 valence electrons. The molecule has 0 atom stereocenters. The molecule has 0 saturated heterocycles. The van der Waals surface area contributed by atoms with Gasteiger partial charge in [0, 0.05) is 6.92 Å². The van der Waals surface area contributed by atoms with E-state index in [1.807, 2.05) is 6.92 Å². The van der Waals surface area contributed by atoms with Gasteiger partial charge in [-0.25, -0.2) is 18.1 Å². The molecule has 0 bridgehead atoms. The number of carbonyl (C=O) groups excluding carboxylic acids is 2. The number of carbonyl (C=O) groups is 2. The number of nitrogens with one attached hydrogen (secondary N) is 1. The molecule has 29 heavy (non-hydrogen) atoms. The van der Waals surface area contributed by atoms with Crippen molar-refractivity contribution in [2.45, 2.75) is 64.9 Å². The number of hydrogen-bond acceptors (Lipinski definition) is 6. The Kier molecular flexibility index (Phi) is 8.31. The Balaban J connectivity index is 2.31. The van der Waals surface area contributed by atoms with Gasteiger partial charge >= 0.3 is 6.09 Å². The van der Waals surface area contributed by atoms with E-state index in [9.17, 15) is 18.0 Å². The molecule has 1 aromatic carbocycles. The zero-order valence-electron chi connectivity index (χ0n) is 17.3. The monoisotopic (exact) mass is 426 g/mol. The summed E-state index contributed by atoms with van der Waals surface area (Å²) in [4.78, 5) is 25.3. The predicted molar refractivity (Wildman–Crippen MR) is 112 cm³/mol. The lowest BCUT2D eigenvalue weighted by Gasteiger charge is -2.25. The van der Waals surface area contributed by atoms with Crippen LogP contribution in [0.25, 0.3) is 0 Å². The van der Waals surface area contributed by atoms with Crippen LogP contribution in [0, 0.1) is 0 Å². The van der Waals surface area contributed by atoms with Gasteiger partial charge in [0.05, 0.1) is 30.3 Å². The molecule has 1 aliphatic rings. The van der Waals surface area contributed by atoms with Crippen LogP contribution in [0.1, 0.15) is 58.8 Å². The quantitative estimate of drug-likeness (QED) is 0.629. The Labute approximate surface area is 172 Å². The average Bonchev–Trinajstić information content (AvgIpc) is 2.63. The smallest absolute Gasteiger partial charge is 0.421 e. The maximum Gasteiger partial charge on any atom is 0.421 e. The van der Waals surface area contributed by atoms with Crippen molar-refractivity contribution in [2.75, 3.05) is 22.5 Å². The van der Waals surface area contributed by atoms with Crippen molar-refractivity contribution in [3.05, 3.63) is 18.2 Å². The highest BCUT2D eigenvalue weighted by atomic mass is 32.2. The Morgan fingerprint density at radius 2 is 1.90 bits per heavy atom. The van der Waals surface area contributed by atoms with Gasteiger partial charge in [0.25, 0.3) is 0 Å². The molecule has 0 radical (unpaired) electrons. The highest BCUT2D eigenvalue weighted by Crippen LogP contribution is 2.34. The second-order valence-electron chi connectivity index (χ2n) is 7.25. The standard InChI is InChI=1S/C20H30N2O6S/c1-4-5-13-27-20(24)22(15(2)23)16-11-12-19(18(14-16)21-29(3,25)26)28-17-9-7-6-8-10-17/h11-12,14,17,21H,4-10,13H2,1-3H3. The minimum atomic E-state index is -3.59. The van der Waals surface area contributed by atoms with Crippen LogP contribution in [-0.2, 0) is 19.6 Å². The minimum absolute atomic E-state index is 0.0117. The molecule has 1 saturated carbocycles. The highest BCUT2D eigenvalue weighted by Gasteiger charge is 2.24. The van der Waals surface area contributed by atoms with E-state index in [-0.39, 0.29) is 24.1 Å². The largest absolute Gasteiger partial charge is 0.488 e. The number of anilines is 2. The number of ether oxygens (including phenoxy) is 2. The van der Waals surface area contributed by atoms with E-state index in [1.54, 1.807) is 12.1 Å². The Hall–Kier alpha value is -2.29. The predicted octanol–water partition coefficient (Wildman–Crippen LogP) is 4.06. The number of hydrogen-bond donors (Lipinski definition) is 1. The second-order valence-corrected chi connectivity index (χ2v) is 9.00. The summed E-state index contributed by atoms with van der Waals surface area (Å²) in [7, 11) is -3.59. The summed E-state index contributed by atoms with van der Waals surface area (Å²) >= 11 is 0. The van der Waals surface area contributed by atoms with Crippen LogP contribution in [0.2, 0.25) is 0 Å². The molecule has 0 aliphatic heterocycles. The maximum absolute atomic E-state index is 12.4. The lowest BCUT2D eigenvalue weighted by molar-refractivity contribution is -0.116. The summed E-state index contributed by atoms with van der Waals surface area (Å²) in [6.45, 7) is 3.42. The number of unbranched alkanes of at least 4 members (excludes halogenated alkanes) is 1. The summed E-state index contributed by atoms with van der Waals surface area (Å²) in [5.74, 6) is -0.160. The molecule has 1 N–H and O–H groups in total. The summed E-state index contributed by atoms with van der Waals surface area (Å²) in [5.41, 5.74) is 0.393. The third-order valence-electron chi connectivity index (χ3n) is 4.58. The van der Waals surface area contributed by atoms with Crippen LogP contribution in [-0.4, -0.2) is 39.4 Å². The SMILES string of the molecule is CCCCOC(=O)N(C(C)=O)c1ccc(OC2CCCCC2)c(NS(C)(=O)=O)c1. The topological polar surface area (TPSA) is 102 Å². The van der Waals surface area contributed by atoms with E-state index in [1.165, 1.54) is 19.4 Å². The molecule has 1 aliphatic carbocycles. The number of sulfonamides is 1. The van der Waals surface area contributed by atoms with E-state index < -0.39 is 22.0 Å². The van der Waals surface area contributed by atoms with E-state index in [0.717, 1.165) is 43.3 Å². The zero-order chi connectivity index (χ0) is 21.4. The Bertz CT molecular complexity index is 818. The second kappa shape index (κ2) is 10.5. The van der Waals surface area contributed by atoms with E-state index >= 15 is 0 Å². The summed E-state index contributed by atoms with van der Waals surface area (Å²) < 4.78 is 37.3. The van der Waals surface area contributed by atoms with Crippen LogP contribution in [0.5, 0.6) is 5.75 Å². The van der Waals surface area contributed by atoms with Gasteiger partial charge in [-0.3, -0.25) is 9.52 Å². The number of benzene rings is 1. The van der Waals surface area contributed by atoms with Crippen molar-refractivity contribution in [1.29, 1.82) is 0 Å². The van der Waals surface area contributed by atoms with Gasteiger partial charge in [-0.05, 0) is 50.3 Å². The summed E-state index contributed by atoms with van der Waals surface area (Å²) in [5, 5.41) is 0. The van der Waals surface area contributed by atoms with Crippen molar-refractivity contribution in [3.8, 4) is 5.75 Å². The van der Waals surface area contributed by atoms with Gasteiger partial charge in [-0.2, -0.15) is 0 Å². The van der Waals surface area contributed by atoms with Crippen LogP contribution < -0.4 is 14.4 Å². The number of nitrogens with zero attached hydrogens (tertiary/aromatic N) is 1. The molecule has 0 unspecified atom stereocenters. The lowest BCUT2D eigenvalue weighted by atomic mass is 9.98. The molecular weight excluding hydrogens is 396 g/mol. The third-order valence-corrected chi connectivity index (χ3v) is 5.17. The first kappa shape index (κ1) is 23.0. The van der Waals surface area contributed by atoms with Crippen molar-refractivity contribution in [1.82, 2.24) is 0 Å². The van der Waals surface area contributed by atoms with E-state index in [0.29, 0.717) is 12.2 Å². The normalized spacial score (nSPS) is 14.9. The molecule has 0 spiro atoms. The van der Waals surface area contributed by atoms with Crippen LogP contribution in [0.4, 0.5) is 16.2 Å². The van der Waals surface area contributed by atoms with E-state index in [2.05, 4.69) is 4.72 Å². The van der Waals surface area contributed by atoms with Crippen LogP contribution in [0.3, 0.4) is 0 Å². The molecular formula is C20H30N2O6S. The maximum atomic E-state index is 12.4. The van der Waals surface area contributed by atoms with Gasteiger partial charge in [0.1, 0.15) is 5.75 Å². The van der Waals surface area contributed by atoms with Crippen LogP contribution in [0.15, 0.2) is 18.2 Å². The van der Waals surface area contributed by atoms with Gasteiger partial charge in [-0.1, -0.05) is 19.8 Å². The summed E-state index contributed by atoms with van der Waals surface area (Å²) in [6.07, 6.45) is 6.91. The molecule has 2 rings (SSSR count). The number of amides is 2. The molecule has 9 heteroatoms. The molecule has 0 heterocycles. The van der Waals surface area contributed by atoms with E-state index in [4.69, 9.17) is 9.47 Å². The summed E-state index contributed by atoms with van der Waals surface area (Å²) in [6, 6.07) is 4.54. The molecule has 0 aromatic heterocycles. The Morgan fingerprint density at radius 3 is 2.48 bits per heavy atom. The molecule has 2 amide bonds. The first-order valence-corrected chi connectivity index (χ1v) is 11.9. The number of imide groups is 1. The van der Waals surface area contributed by atoms with Gasteiger partial charge in [-0.15, -0.1) is 0 Å². The first-order chi connectivity index (χ1) is 13.7. The molecule has 1 aromatic rings. The van der Waals surface area contributed by atoms with Gasteiger partial charge < -0.3 is 9.47 Å². The third kappa shape index (κ3) is 7.23. The fourth-order valence-electron chi connectivity index (χ4n) is 3.19. The molecule has 1 fully saturated rings. The van der Waals surface area contributed by atoms with Gasteiger partial charge in [0.15, 0.2) is 0 Å². The number of rotatable bonds is 8. The van der Waals surface area contributed by atoms with Crippen molar-refractivity contribution in [2.24, 2.45) is 0 Å². The molecule has 8 nitrogen and oxygen atoms in total. The lowest BCUT2D eigenvalue weighted by Crippen LogP contribution is -2.36. The van der Waals surface area contributed by atoms with Crippen molar-refractivity contribution >= 4 is 33.4 Å². The fourth-order valence-corrected chi connectivity index (χ4v) is 3.74. The highest BCUT2D eigenvalue weighted by molar-refractivity contribution is 7.92. The van der Waals surface area contributed by atoms with Crippen molar-refractivity contribution in [3.63, 3.8) is 0 Å². The van der Waals surface area contributed by atoms with Gasteiger partial charge in [0.2, 0.25) is 15.9 Å². The zero-order valence-corrected chi connectivity index (χ0v) is 18.1. The minimum Gasteiger partial charge on any atom is -0.488 e. The van der Waals surface area contributed by atoms with Crippen molar-refractivity contribution < 1.29 is 27.5 Å². The van der Waals surface area contributed by atoms with Crippen LogP contribution >= 0.6 is 0 Å². The Morgan fingerprint density at radius 1 is 1.21 bits per heavy atom. The fraction of sp³-hybridized carbons (Fsp3) is 0.600. The first-order valence-electron chi connectivity index (χ1n) is 9.97.